The van der Waals surface area contributed by atoms with Crippen LogP contribution in [0, 0.1) is 0 Å². The minimum atomic E-state index is 0.615. The molecular formula is C55H32N6OS. The second-order valence-electron chi connectivity index (χ2n) is 15.6. The summed E-state index contributed by atoms with van der Waals surface area (Å²) < 4.78 is 11.0. The Hall–Kier alpha value is -8.33. The van der Waals surface area contributed by atoms with Gasteiger partial charge < -0.3 is 8.98 Å². The minimum absolute atomic E-state index is 0.615. The van der Waals surface area contributed by atoms with Gasteiger partial charge in [0.25, 0.3) is 0 Å². The zero-order valence-corrected chi connectivity index (χ0v) is 34.3. The van der Waals surface area contributed by atoms with Gasteiger partial charge in [-0.1, -0.05) is 133 Å². The number of benzene rings is 8. The molecule has 0 amide bonds. The summed E-state index contributed by atoms with van der Waals surface area (Å²) in [6, 6.07) is 66.9. The number of hydrogen-bond donors (Lipinski definition) is 0. The molecule has 0 N–H and O–H groups in total. The highest BCUT2D eigenvalue weighted by molar-refractivity contribution is 7.26. The Morgan fingerprint density at radius 2 is 1.03 bits per heavy atom. The van der Waals surface area contributed by atoms with Crippen molar-refractivity contribution in [3.63, 3.8) is 0 Å². The van der Waals surface area contributed by atoms with E-state index >= 15 is 0 Å². The standard InChI is InChI=1S/C55H32N6OS/c1-4-15-33(16-5-1)49-51-50(39-22-11-13-25-45(39)62-51)57-53(56-49)36-27-29-40-47(32-36)63-46-26-14-23-41(48(40)46)55-59-52(34-17-6-2-7-18-34)58-54(60-55)35-28-30-44-42(31-35)38-21-10-12-24-43(38)61(44)37-19-8-3-9-20-37/h1-32H. The van der Waals surface area contributed by atoms with E-state index in [0.29, 0.717) is 28.9 Å². The van der Waals surface area contributed by atoms with Gasteiger partial charge in [0.05, 0.1) is 11.0 Å². The zero-order chi connectivity index (χ0) is 41.4. The Morgan fingerprint density at radius 1 is 0.397 bits per heavy atom. The lowest BCUT2D eigenvalue weighted by molar-refractivity contribution is 0.667. The minimum Gasteiger partial charge on any atom is -0.452 e. The van der Waals surface area contributed by atoms with Crippen molar-refractivity contribution < 1.29 is 4.42 Å². The van der Waals surface area contributed by atoms with Crippen LogP contribution in [0.1, 0.15) is 0 Å². The van der Waals surface area contributed by atoms with Gasteiger partial charge in [-0.25, -0.2) is 24.9 Å². The molecule has 8 heteroatoms. The second kappa shape index (κ2) is 14.1. The topological polar surface area (TPSA) is 82.5 Å². The van der Waals surface area contributed by atoms with Crippen LogP contribution in [-0.2, 0) is 0 Å². The van der Waals surface area contributed by atoms with Gasteiger partial charge in [-0.3, -0.25) is 0 Å². The third-order valence-corrected chi connectivity index (χ3v) is 13.0. The largest absolute Gasteiger partial charge is 0.452 e. The van der Waals surface area contributed by atoms with Crippen molar-refractivity contribution in [3.05, 3.63) is 194 Å². The fourth-order valence-corrected chi connectivity index (χ4v) is 10.1. The van der Waals surface area contributed by atoms with Gasteiger partial charge >= 0.3 is 0 Å². The Bertz CT molecular complexity index is 3910. The highest BCUT2D eigenvalue weighted by atomic mass is 32.1. The van der Waals surface area contributed by atoms with E-state index in [-0.39, 0.29) is 0 Å². The molecule has 0 radical (unpaired) electrons. The summed E-state index contributed by atoms with van der Waals surface area (Å²) in [5, 5.41) is 5.49. The predicted octanol–water partition coefficient (Wildman–Crippen LogP) is 14.4. The first-order valence-electron chi connectivity index (χ1n) is 20.8. The van der Waals surface area contributed by atoms with Gasteiger partial charge in [0, 0.05) is 69.8 Å². The molecule has 0 aliphatic carbocycles. The summed E-state index contributed by atoms with van der Waals surface area (Å²) in [5.74, 6) is 2.50. The van der Waals surface area contributed by atoms with Crippen LogP contribution >= 0.6 is 11.3 Å². The second-order valence-corrected chi connectivity index (χ2v) is 16.7. The van der Waals surface area contributed by atoms with Crippen LogP contribution in [0.3, 0.4) is 0 Å². The molecule has 5 heterocycles. The fraction of sp³-hybridized carbons (Fsp3) is 0. The fourth-order valence-electron chi connectivity index (χ4n) is 8.97. The highest BCUT2D eigenvalue weighted by Gasteiger charge is 2.21. The highest BCUT2D eigenvalue weighted by Crippen LogP contribution is 2.43. The lowest BCUT2D eigenvalue weighted by Crippen LogP contribution is -2.00. The molecule has 294 valence electrons. The molecule has 0 atom stereocenters. The van der Waals surface area contributed by atoms with Crippen molar-refractivity contribution in [2.24, 2.45) is 0 Å². The first kappa shape index (κ1) is 35.4. The summed E-state index contributed by atoms with van der Waals surface area (Å²) in [6.45, 7) is 0. The zero-order valence-electron chi connectivity index (χ0n) is 33.5. The number of para-hydroxylation sites is 3. The van der Waals surface area contributed by atoms with E-state index in [0.717, 1.165) is 92.3 Å². The Morgan fingerprint density at radius 3 is 1.86 bits per heavy atom. The van der Waals surface area contributed by atoms with E-state index in [1.165, 1.54) is 5.39 Å². The van der Waals surface area contributed by atoms with Crippen LogP contribution < -0.4 is 0 Å². The molecule has 8 aromatic carbocycles. The van der Waals surface area contributed by atoms with Gasteiger partial charge in [-0.05, 0) is 60.7 Å². The summed E-state index contributed by atoms with van der Waals surface area (Å²) in [5.41, 5.74) is 11.1. The van der Waals surface area contributed by atoms with Crippen molar-refractivity contribution in [1.82, 2.24) is 29.5 Å². The van der Waals surface area contributed by atoms with E-state index in [2.05, 4.69) is 144 Å². The maximum absolute atomic E-state index is 6.38. The maximum Gasteiger partial charge on any atom is 0.180 e. The number of furan rings is 1. The molecule has 0 unspecified atom stereocenters. The van der Waals surface area contributed by atoms with Gasteiger partial charge in [0.1, 0.15) is 16.8 Å². The van der Waals surface area contributed by atoms with Crippen molar-refractivity contribution in [1.29, 1.82) is 0 Å². The molecular weight excluding hydrogens is 793 g/mol. The van der Waals surface area contributed by atoms with Crippen molar-refractivity contribution in [3.8, 4) is 62.5 Å². The number of rotatable bonds is 6. The summed E-state index contributed by atoms with van der Waals surface area (Å²) in [6.07, 6.45) is 0. The molecule has 0 saturated heterocycles. The van der Waals surface area contributed by atoms with Gasteiger partial charge in [0.2, 0.25) is 0 Å². The van der Waals surface area contributed by atoms with E-state index in [4.69, 9.17) is 29.3 Å². The molecule has 0 saturated carbocycles. The monoisotopic (exact) mass is 824 g/mol. The molecule has 63 heavy (non-hydrogen) atoms. The number of nitrogens with zero attached hydrogens (tertiary/aromatic N) is 6. The normalized spacial score (nSPS) is 11.8. The lowest BCUT2D eigenvalue weighted by Gasteiger charge is -2.10. The van der Waals surface area contributed by atoms with Crippen molar-refractivity contribution >= 4 is 75.4 Å². The van der Waals surface area contributed by atoms with Gasteiger partial charge in [-0.2, -0.15) is 0 Å². The van der Waals surface area contributed by atoms with E-state index in [1.807, 2.05) is 54.6 Å². The quantitative estimate of drug-likeness (QED) is 0.166. The summed E-state index contributed by atoms with van der Waals surface area (Å²) in [4.78, 5) is 25.9. The van der Waals surface area contributed by atoms with Crippen LogP contribution in [0.2, 0.25) is 0 Å². The van der Waals surface area contributed by atoms with Crippen molar-refractivity contribution in [2.45, 2.75) is 0 Å². The lowest BCUT2D eigenvalue weighted by atomic mass is 10.0. The van der Waals surface area contributed by atoms with Crippen LogP contribution in [0.4, 0.5) is 0 Å². The van der Waals surface area contributed by atoms with Gasteiger partial charge in [-0.15, -0.1) is 11.3 Å². The number of hydrogen-bond acceptors (Lipinski definition) is 7. The smallest absolute Gasteiger partial charge is 0.180 e. The Balaban J connectivity index is 0.978. The van der Waals surface area contributed by atoms with Crippen molar-refractivity contribution in [2.75, 3.05) is 0 Å². The molecule has 0 fully saturated rings. The Labute approximate surface area is 364 Å². The van der Waals surface area contributed by atoms with E-state index < -0.39 is 0 Å². The summed E-state index contributed by atoms with van der Waals surface area (Å²) >= 11 is 1.74. The first-order valence-corrected chi connectivity index (χ1v) is 21.6. The molecule has 0 aliphatic heterocycles. The number of aromatic nitrogens is 6. The first-order chi connectivity index (χ1) is 31.2. The third kappa shape index (κ3) is 5.76. The Kier molecular flexibility index (Phi) is 7.94. The number of thiophene rings is 1. The molecule has 13 aromatic rings. The molecule has 5 aromatic heterocycles. The van der Waals surface area contributed by atoms with E-state index in [1.54, 1.807) is 11.3 Å². The molecule has 13 rings (SSSR count). The van der Waals surface area contributed by atoms with Crippen LogP contribution in [0.5, 0.6) is 0 Å². The maximum atomic E-state index is 6.38. The van der Waals surface area contributed by atoms with E-state index in [9.17, 15) is 0 Å². The summed E-state index contributed by atoms with van der Waals surface area (Å²) in [7, 11) is 0. The van der Waals surface area contributed by atoms with Gasteiger partial charge in [0.15, 0.2) is 28.9 Å². The SMILES string of the molecule is c1ccc(-c2nc(-c3ccc4c(c3)c3ccccc3n4-c3ccccc3)nc(-c3cccc4sc5cc(-c6nc(-c7ccccc7)c7oc8ccccc8c7n6)ccc5c34)n2)cc1. The third-order valence-electron chi connectivity index (χ3n) is 11.9. The van der Waals surface area contributed by atoms with Crippen LogP contribution in [0.25, 0.3) is 127 Å². The molecule has 7 nitrogen and oxygen atoms in total. The van der Waals surface area contributed by atoms with Crippen LogP contribution in [-0.4, -0.2) is 29.5 Å². The molecule has 0 spiro atoms. The average molecular weight is 825 g/mol. The molecule has 0 bridgehead atoms. The number of fused-ring (bicyclic) bond motifs is 9. The molecule has 0 aliphatic rings. The van der Waals surface area contributed by atoms with Crippen LogP contribution in [0.15, 0.2) is 199 Å². The predicted molar refractivity (Wildman–Crippen MR) is 257 cm³/mol. The average Bonchev–Trinajstić information content (AvgIpc) is 4.03.